The van der Waals surface area contributed by atoms with Crippen LogP contribution in [0.3, 0.4) is 0 Å². The summed E-state index contributed by atoms with van der Waals surface area (Å²) >= 11 is 8.10. The lowest BCUT2D eigenvalue weighted by molar-refractivity contribution is -0.129. The van der Waals surface area contributed by atoms with E-state index in [9.17, 15) is 9.59 Å². The third kappa shape index (κ3) is 4.57. The number of carbonyl (C=O) groups excluding carboxylic acids is 2. The minimum absolute atomic E-state index is 0.0727. The maximum atomic E-state index is 12.4. The van der Waals surface area contributed by atoms with Crippen LogP contribution in [0.2, 0.25) is 0 Å². The van der Waals surface area contributed by atoms with Crippen molar-refractivity contribution in [2.45, 2.75) is 13.3 Å². The van der Waals surface area contributed by atoms with Crippen LogP contribution >= 0.6 is 43.2 Å². The molecule has 1 aromatic heterocycles. The number of rotatable bonds is 5. The van der Waals surface area contributed by atoms with Crippen molar-refractivity contribution in [1.29, 1.82) is 0 Å². The van der Waals surface area contributed by atoms with Gasteiger partial charge in [0.25, 0.3) is 5.91 Å². The average Bonchev–Trinajstić information content (AvgIpc) is 2.68. The summed E-state index contributed by atoms with van der Waals surface area (Å²) in [5, 5.41) is 0. The molecule has 0 bridgehead atoms. The summed E-state index contributed by atoms with van der Waals surface area (Å²) in [6, 6.07) is 1.78. The highest BCUT2D eigenvalue weighted by Crippen LogP contribution is 2.33. The van der Waals surface area contributed by atoms with Crippen molar-refractivity contribution in [3.05, 3.63) is 19.2 Å². The van der Waals surface area contributed by atoms with E-state index in [0.29, 0.717) is 11.4 Å². The molecule has 0 aliphatic carbocycles. The minimum atomic E-state index is -0.103. The maximum Gasteiger partial charge on any atom is 0.264 e. The monoisotopic (exact) mass is 410 g/mol. The van der Waals surface area contributed by atoms with Gasteiger partial charge in [-0.1, -0.05) is 6.92 Å². The molecular weight excluding hydrogens is 396 g/mol. The van der Waals surface area contributed by atoms with Crippen molar-refractivity contribution in [3.8, 4) is 0 Å². The van der Waals surface area contributed by atoms with E-state index >= 15 is 0 Å². The first-order chi connectivity index (χ1) is 8.86. The summed E-state index contributed by atoms with van der Waals surface area (Å²) in [5.41, 5.74) is 0. The van der Waals surface area contributed by atoms with Gasteiger partial charge in [0.2, 0.25) is 5.91 Å². The summed E-state index contributed by atoms with van der Waals surface area (Å²) in [5.74, 6) is -0.176. The van der Waals surface area contributed by atoms with Crippen molar-refractivity contribution in [2.75, 3.05) is 27.2 Å². The summed E-state index contributed by atoms with van der Waals surface area (Å²) in [6.07, 6.45) is 0.820. The Morgan fingerprint density at radius 2 is 1.95 bits per heavy atom. The lowest BCUT2D eigenvalue weighted by Crippen LogP contribution is -2.40. The Hall–Kier alpha value is -0.400. The van der Waals surface area contributed by atoms with E-state index in [0.717, 1.165) is 14.7 Å². The molecule has 0 fully saturated rings. The molecular formula is C12H16Br2N2O2S. The molecule has 4 nitrogen and oxygen atoms in total. The van der Waals surface area contributed by atoms with Gasteiger partial charge in [-0.15, -0.1) is 11.3 Å². The number of nitrogens with zero attached hydrogens (tertiary/aromatic N) is 2. The highest BCUT2D eigenvalue weighted by atomic mass is 79.9. The lowest BCUT2D eigenvalue weighted by atomic mass is 10.3. The maximum absolute atomic E-state index is 12.4. The molecule has 2 amide bonds. The van der Waals surface area contributed by atoms with Gasteiger partial charge in [0.1, 0.15) is 6.54 Å². The molecule has 0 N–H and O–H groups in total. The van der Waals surface area contributed by atoms with Gasteiger partial charge in [0, 0.05) is 25.1 Å². The SMILES string of the molecule is CCCN(CC(=O)N(C)C)C(=O)c1cc(Br)c(Br)s1. The number of halogens is 2. The van der Waals surface area contributed by atoms with Crippen molar-refractivity contribution < 1.29 is 9.59 Å². The van der Waals surface area contributed by atoms with Crippen LogP contribution in [-0.4, -0.2) is 48.8 Å². The minimum Gasteiger partial charge on any atom is -0.347 e. The molecule has 0 radical (unpaired) electrons. The van der Waals surface area contributed by atoms with Gasteiger partial charge in [-0.2, -0.15) is 0 Å². The molecule has 0 spiro atoms. The van der Waals surface area contributed by atoms with Gasteiger partial charge in [-0.05, 0) is 44.3 Å². The first-order valence-corrected chi connectivity index (χ1v) is 8.21. The number of hydrogen-bond acceptors (Lipinski definition) is 3. The molecule has 0 aromatic carbocycles. The zero-order chi connectivity index (χ0) is 14.6. The summed E-state index contributed by atoms with van der Waals surface area (Å²) in [6.45, 7) is 2.68. The Morgan fingerprint density at radius 1 is 1.32 bits per heavy atom. The second kappa shape index (κ2) is 7.40. The van der Waals surface area contributed by atoms with E-state index in [1.165, 1.54) is 16.2 Å². The van der Waals surface area contributed by atoms with Gasteiger partial charge >= 0.3 is 0 Å². The number of carbonyl (C=O) groups is 2. The molecule has 0 unspecified atom stereocenters. The molecule has 1 rings (SSSR count). The standard InChI is InChI=1S/C12H16Br2N2O2S/c1-4-5-16(7-10(17)15(2)3)12(18)9-6-8(13)11(14)19-9/h6H,4-5,7H2,1-3H3. The van der Waals surface area contributed by atoms with Crippen LogP contribution in [0.15, 0.2) is 14.3 Å². The van der Waals surface area contributed by atoms with Gasteiger partial charge < -0.3 is 9.80 Å². The zero-order valence-corrected chi connectivity index (χ0v) is 15.1. The first kappa shape index (κ1) is 16.7. The highest BCUT2D eigenvalue weighted by Gasteiger charge is 2.21. The molecule has 106 valence electrons. The van der Waals surface area contributed by atoms with Crippen LogP contribution in [-0.2, 0) is 4.79 Å². The number of thiophene rings is 1. The van der Waals surface area contributed by atoms with Gasteiger partial charge in [-0.3, -0.25) is 9.59 Å². The van der Waals surface area contributed by atoms with Gasteiger partial charge in [-0.25, -0.2) is 0 Å². The van der Waals surface area contributed by atoms with Crippen LogP contribution in [0.4, 0.5) is 0 Å². The molecule has 0 aliphatic rings. The Balaban J connectivity index is 2.86. The van der Waals surface area contributed by atoms with E-state index in [1.54, 1.807) is 25.1 Å². The molecule has 1 aromatic rings. The molecule has 0 aliphatic heterocycles. The fourth-order valence-electron chi connectivity index (χ4n) is 1.43. The number of amides is 2. The quantitative estimate of drug-likeness (QED) is 0.746. The van der Waals surface area contributed by atoms with E-state index in [2.05, 4.69) is 31.9 Å². The highest BCUT2D eigenvalue weighted by molar-refractivity contribution is 9.13. The second-order valence-corrected chi connectivity index (χ2v) is 7.47. The van der Waals surface area contributed by atoms with Crippen LogP contribution < -0.4 is 0 Å². The molecule has 19 heavy (non-hydrogen) atoms. The largest absolute Gasteiger partial charge is 0.347 e. The zero-order valence-electron chi connectivity index (χ0n) is 11.1. The molecule has 7 heteroatoms. The third-order valence-electron chi connectivity index (χ3n) is 2.46. The number of hydrogen-bond donors (Lipinski definition) is 0. The third-order valence-corrected chi connectivity index (χ3v) is 5.71. The lowest BCUT2D eigenvalue weighted by Gasteiger charge is -2.22. The predicted octanol–water partition coefficient (Wildman–Crippen LogP) is 3.21. The van der Waals surface area contributed by atoms with Crippen LogP contribution in [0, 0.1) is 0 Å². The van der Waals surface area contributed by atoms with E-state index in [1.807, 2.05) is 6.92 Å². The van der Waals surface area contributed by atoms with Gasteiger partial charge in [0.05, 0.1) is 8.66 Å². The van der Waals surface area contributed by atoms with E-state index in [4.69, 9.17) is 0 Å². The van der Waals surface area contributed by atoms with Crippen LogP contribution in [0.1, 0.15) is 23.0 Å². The van der Waals surface area contributed by atoms with Crippen molar-refractivity contribution >= 4 is 55.0 Å². The van der Waals surface area contributed by atoms with E-state index < -0.39 is 0 Å². The summed E-state index contributed by atoms with van der Waals surface area (Å²) in [7, 11) is 3.38. The Morgan fingerprint density at radius 3 is 2.37 bits per heavy atom. The summed E-state index contributed by atoms with van der Waals surface area (Å²) < 4.78 is 1.74. The Labute approximate surface area is 134 Å². The van der Waals surface area contributed by atoms with Crippen molar-refractivity contribution in [2.24, 2.45) is 0 Å². The van der Waals surface area contributed by atoms with Gasteiger partial charge in [0.15, 0.2) is 0 Å². The molecule has 0 saturated carbocycles. The molecule has 1 heterocycles. The topological polar surface area (TPSA) is 40.6 Å². The normalized spacial score (nSPS) is 10.4. The first-order valence-electron chi connectivity index (χ1n) is 5.81. The Bertz CT molecular complexity index is 455. The van der Waals surface area contributed by atoms with Crippen molar-refractivity contribution in [3.63, 3.8) is 0 Å². The predicted molar refractivity (Wildman–Crippen MR) is 84.6 cm³/mol. The second-order valence-electron chi connectivity index (χ2n) is 4.25. The van der Waals surface area contributed by atoms with Crippen molar-refractivity contribution in [1.82, 2.24) is 9.80 Å². The van der Waals surface area contributed by atoms with Crippen LogP contribution in [0.5, 0.6) is 0 Å². The fourth-order valence-corrected chi connectivity index (χ4v) is 3.44. The average molecular weight is 412 g/mol. The summed E-state index contributed by atoms with van der Waals surface area (Å²) in [4.78, 5) is 27.8. The van der Waals surface area contributed by atoms with Crippen LogP contribution in [0.25, 0.3) is 0 Å². The number of likely N-dealkylation sites (N-methyl/N-ethyl adjacent to an activating group) is 1. The fraction of sp³-hybridized carbons (Fsp3) is 0.500. The van der Waals surface area contributed by atoms with E-state index in [-0.39, 0.29) is 18.4 Å². The molecule has 0 atom stereocenters. The molecule has 0 saturated heterocycles. The smallest absolute Gasteiger partial charge is 0.264 e. The Kier molecular flexibility index (Phi) is 6.49.